The zero-order valence-electron chi connectivity index (χ0n) is 19.5. The number of carbonyl (C=O) groups excluding carboxylic acids is 2. The van der Waals surface area contributed by atoms with Gasteiger partial charge in [-0.15, -0.1) is 0 Å². The molecule has 1 fully saturated rings. The summed E-state index contributed by atoms with van der Waals surface area (Å²) in [5, 5.41) is 8.40. The van der Waals surface area contributed by atoms with Gasteiger partial charge in [-0.05, 0) is 42.5 Å². The Morgan fingerprint density at radius 1 is 0.971 bits per heavy atom. The van der Waals surface area contributed by atoms with Crippen molar-refractivity contribution in [2.75, 3.05) is 13.1 Å². The van der Waals surface area contributed by atoms with Crippen LogP contribution < -0.4 is 5.32 Å². The third-order valence-corrected chi connectivity index (χ3v) is 6.59. The molecule has 1 saturated heterocycles. The number of nitrogens with zero attached hydrogens (tertiary/aromatic N) is 3. The van der Waals surface area contributed by atoms with Crippen molar-refractivity contribution in [1.29, 1.82) is 0 Å². The Morgan fingerprint density at radius 2 is 1.74 bits per heavy atom. The van der Waals surface area contributed by atoms with Crippen LogP contribution in [0.25, 0.3) is 22.0 Å². The quantitative estimate of drug-likeness (QED) is 0.493. The highest BCUT2D eigenvalue weighted by atomic mass is 16.2. The predicted octanol–water partition coefficient (Wildman–Crippen LogP) is 4.58. The van der Waals surface area contributed by atoms with Crippen LogP contribution in [0.3, 0.4) is 0 Å². The number of amides is 2. The Balaban J connectivity index is 1.36. The number of carbonyl (C=O) groups is 2. The van der Waals surface area contributed by atoms with Crippen molar-refractivity contribution in [3.8, 4) is 11.1 Å². The summed E-state index contributed by atoms with van der Waals surface area (Å²) in [6.07, 6.45) is 1.67. The summed E-state index contributed by atoms with van der Waals surface area (Å²) < 4.78 is 1.73. The summed E-state index contributed by atoms with van der Waals surface area (Å²) in [7, 11) is 1.84. The standard InChI is InChI=1S/C28H28N4O2/c1-19-10-8-15-22(20-11-4-3-5-12-20)25(19)28(34)32-17-9-13-21(18-32)29-27(33)26-23-14-6-7-16-24(23)31(2)30-26/h3-8,10-12,14-16,21H,9,13,17-18H2,1-2H3,(H,29,33)/t21-/m1/s1. The van der Waals surface area contributed by atoms with Gasteiger partial charge in [-0.3, -0.25) is 14.3 Å². The Hall–Kier alpha value is -3.93. The smallest absolute Gasteiger partial charge is 0.272 e. The Labute approximate surface area is 199 Å². The lowest BCUT2D eigenvalue weighted by Crippen LogP contribution is -2.49. The molecule has 34 heavy (non-hydrogen) atoms. The van der Waals surface area contributed by atoms with Crippen molar-refractivity contribution >= 4 is 22.7 Å². The van der Waals surface area contributed by atoms with Gasteiger partial charge in [0.25, 0.3) is 11.8 Å². The molecule has 0 unspecified atom stereocenters. The number of benzene rings is 3. The molecule has 1 aromatic heterocycles. The number of hydrogen-bond acceptors (Lipinski definition) is 3. The van der Waals surface area contributed by atoms with E-state index in [-0.39, 0.29) is 17.9 Å². The molecular weight excluding hydrogens is 424 g/mol. The Kier molecular flexibility index (Phi) is 5.88. The molecule has 0 bridgehead atoms. The fourth-order valence-electron chi connectivity index (χ4n) is 4.88. The van der Waals surface area contributed by atoms with Crippen molar-refractivity contribution in [2.24, 2.45) is 7.05 Å². The van der Waals surface area contributed by atoms with E-state index >= 15 is 0 Å². The summed E-state index contributed by atoms with van der Waals surface area (Å²) >= 11 is 0. The molecule has 1 atom stereocenters. The van der Waals surface area contributed by atoms with Gasteiger partial charge in [-0.2, -0.15) is 5.10 Å². The molecule has 2 amide bonds. The van der Waals surface area contributed by atoms with Gasteiger partial charge in [0.1, 0.15) is 0 Å². The molecule has 1 aliphatic rings. The zero-order chi connectivity index (χ0) is 23.7. The van der Waals surface area contributed by atoms with E-state index in [1.54, 1.807) is 4.68 Å². The largest absolute Gasteiger partial charge is 0.346 e. The highest BCUT2D eigenvalue weighted by Crippen LogP contribution is 2.28. The minimum Gasteiger partial charge on any atom is -0.346 e. The van der Waals surface area contributed by atoms with Crippen molar-refractivity contribution in [2.45, 2.75) is 25.8 Å². The monoisotopic (exact) mass is 452 g/mol. The van der Waals surface area contributed by atoms with E-state index in [1.165, 1.54) is 0 Å². The molecule has 2 heterocycles. The third kappa shape index (κ3) is 4.07. The molecule has 5 rings (SSSR count). The van der Waals surface area contributed by atoms with E-state index in [1.807, 2.05) is 91.7 Å². The van der Waals surface area contributed by atoms with Gasteiger partial charge >= 0.3 is 0 Å². The second-order valence-corrected chi connectivity index (χ2v) is 8.92. The first-order chi connectivity index (χ1) is 16.5. The van der Waals surface area contributed by atoms with Crippen molar-refractivity contribution in [3.63, 3.8) is 0 Å². The third-order valence-electron chi connectivity index (χ3n) is 6.59. The maximum absolute atomic E-state index is 13.7. The van der Waals surface area contributed by atoms with Crippen LogP contribution in [0.4, 0.5) is 0 Å². The highest BCUT2D eigenvalue weighted by molar-refractivity contribution is 6.05. The summed E-state index contributed by atoms with van der Waals surface area (Å²) in [4.78, 5) is 28.7. The number of aromatic nitrogens is 2. The van der Waals surface area contributed by atoms with Gasteiger partial charge in [0.05, 0.1) is 11.1 Å². The summed E-state index contributed by atoms with van der Waals surface area (Å²) in [6.45, 7) is 3.15. The Morgan fingerprint density at radius 3 is 2.56 bits per heavy atom. The number of piperidine rings is 1. The minimum absolute atomic E-state index is 0.0131. The minimum atomic E-state index is -0.197. The van der Waals surface area contributed by atoms with E-state index in [2.05, 4.69) is 10.4 Å². The second kappa shape index (κ2) is 9.14. The molecule has 0 spiro atoms. The number of aryl methyl sites for hydroxylation is 2. The van der Waals surface area contributed by atoms with Gasteiger partial charge in [0, 0.05) is 31.6 Å². The molecule has 0 aliphatic carbocycles. The van der Waals surface area contributed by atoms with Crippen LogP contribution in [0.1, 0.15) is 39.3 Å². The number of nitrogens with one attached hydrogen (secondary N) is 1. The zero-order valence-corrected chi connectivity index (χ0v) is 19.5. The van der Waals surface area contributed by atoms with Crippen LogP contribution in [0.5, 0.6) is 0 Å². The molecule has 0 radical (unpaired) electrons. The lowest BCUT2D eigenvalue weighted by molar-refractivity contribution is 0.0675. The van der Waals surface area contributed by atoms with Crippen LogP contribution in [0, 0.1) is 6.92 Å². The molecule has 1 aliphatic heterocycles. The average Bonchev–Trinajstić information content (AvgIpc) is 3.21. The fourth-order valence-corrected chi connectivity index (χ4v) is 4.88. The van der Waals surface area contributed by atoms with Crippen molar-refractivity contribution in [3.05, 3.63) is 89.6 Å². The van der Waals surface area contributed by atoms with Gasteiger partial charge < -0.3 is 10.2 Å². The molecule has 4 aromatic rings. The lowest BCUT2D eigenvalue weighted by atomic mass is 9.94. The van der Waals surface area contributed by atoms with Crippen molar-refractivity contribution in [1.82, 2.24) is 20.0 Å². The number of hydrogen-bond donors (Lipinski definition) is 1. The van der Waals surface area contributed by atoms with Crippen LogP contribution in [0.15, 0.2) is 72.8 Å². The molecule has 172 valence electrons. The average molecular weight is 453 g/mol. The topological polar surface area (TPSA) is 67.2 Å². The van der Waals surface area contributed by atoms with Crippen LogP contribution in [0.2, 0.25) is 0 Å². The first kappa shape index (κ1) is 21.9. The molecular formula is C28H28N4O2. The fraction of sp³-hybridized carbons (Fsp3) is 0.250. The molecule has 1 N–H and O–H groups in total. The van der Waals surface area contributed by atoms with Crippen LogP contribution in [-0.4, -0.2) is 45.6 Å². The predicted molar refractivity (Wildman–Crippen MR) is 134 cm³/mol. The first-order valence-electron chi connectivity index (χ1n) is 11.7. The number of likely N-dealkylation sites (tertiary alicyclic amines) is 1. The molecule has 6 nitrogen and oxygen atoms in total. The summed E-state index contributed by atoms with van der Waals surface area (Å²) in [6, 6.07) is 23.6. The van der Waals surface area contributed by atoms with Gasteiger partial charge in [0.15, 0.2) is 5.69 Å². The summed E-state index contributed by atoms with van der Waals surface area (Å²) in [5.41, 5.74) is 5.00. The molecule has 0 saturated carbocycles. The van der Waals surface area contributed by atoms with Gasteiger partial charge in [-0.1, -0.05) is 66.7 Å². The lowest BCUT2D eigenvalue weighted by Gasteiger charge is -2.34. The highest BCUT2D eigenvalue weighted by Gasteiger charge is 2.29. The number of fused-ring (bicyclic) bond motifs is 1. The van der Waals surface area contributed by atoms with Crippen LogP contribution in [-0.2, 0) is 7.05 Å². The van der Waals surface area contributed by atoms with Gasteiger partial charge in [-0.25, -0.2) is 0 Å². The number of para-hydroxylation sites is 1. The Bertz CT molecular complexity index is 1360. The maximum Gasteiger partial charge on any atom is 0.272 e. The van der Waals surface area contributed by atoms with E-state index in [0.717, 1.165) is 46.0 Å². The van der Waals surface area contributed by atoms with E-state index in [4.69, 9.17) is 0 Å². The van der Waals surface area contributed by atoms with E-state index < -0.39 is 0 Å². The SMILES string of the molecule is Cc1cccc(-c2ccccc2)c1C(=O)N1CCC[C@@H](NC(=O)c2nn(C)c3ccccc23)C1. The second-order valence-electron chi connectivity index (χ2n) is 8.92. The molecule has 3 aromatic carbocycles. The molecule has 6 heteroatoms. The summed E-state index contributed by atoms with van der Waals surface area (Å²) in [5.74, 6) is -0.184. The maximum atomic E-state index is 13.7. The van der Waals surface area contributed by atoms with E-state index in [0.29, 0.717) is 18.8 Å². The normalized spacial score (nSPS) is 15.9. The van der Waals surface area contributed by atoms with E-state index in [9.17, 15) is 9.59 Å². The van der Waals surface area contributed by atoms with Crippen molar-refractivity contribution < 1.29 is 9.59 Å². The van der Waals surface area contributed by atoms with Gasteiger partial charge in [0.2, 0.25) is 0 Å². The first-order valence-corrected chi connectivity index (χ1v) is 11.7. The van der Waals surface area contributed by atoms with Crippen LogP contribution >= 0.6 is 0 Å². The number of rotatable bonds is 4.